The Balaban J connectivity index is 1.60. The van der Waals surface area contributed by atoms with Crippen LogP contribution in [0.1, 0.15) is 58.3 Å². The fourth-order valence-corrected chi connectivity index (χ4v) is 5.01. The Kier molecular flexibility index (Phi) is 5.00. The standard InChI is InChI=1S/C17H33N3/c1-3-9-19-10-7-15(8-11-19)20-16-5-4-6-17(20)13-14(12-16)18-2/h14-18H,3-13H2,1-2H3. The first-order valence-electron chi connectivity index (χ1n) is 8.99. The summed E-state index contributed by atoms with van der Waals surface area (Å²) >= 11 is 0. The molecule has 0 aromatic carbocycles. The zero-order chi connectivity index (χ0) is 13.9. The van der Waals surface area contributed by atoms with E-state index in [2.05, 4.69) is 29.1 Å². The van der Waals surface area contributed by atoms with Crippen LogP contribution >= 0.6 is 0 Å². The summed E-state index contributed by atoms with van der Waals surface area (Å²) in [6, 6.07) is 3.42. The molecule has 20 heavy (non-hydrogen) atoms. The van der Waals surface area contributed by atoms with Gasteiger partial charge in [0.05, 0.1) is 0 Å². The van der Waals surface area contributed by atoms with Crippen molar-refractivity contribution >= 4 is 0 Å². The SMILES string of the molecule is CCCN1CCC(N2C3CCCC2CC(NC)C3)CC1. The van der Waals surface area contributed by atoms with Gasteiger partial charge in [0.2, 0.25) is 0 Å². The van der Waals surface area contributed by atoms with Gasteiger partial charge in [-0.3, -0.25) is 4.90 Å². The fourth-order valence-electron chi connectivity index (χ4n) is 5.01. The number of piperidine rings is 3. The molecule has 3 heterocycles. The third-order valence-corrected chi connectivity index (χ3v) is 5.96. The lowest BCUT2D eigenvalue weighted by atomic mass is 9.79. The number of likely N-dealkylation sites (tertiary alicyclic amines) is 1. The Labute approximate surface area is 125 Å². The van der Waals surface area contributed by atoms with E-state index < -0.39 is 0 Å². The lowest BCUT2D eigenvalue weighted by Crippen LogP contribution is -2.60. The van der Waals surface area contributed by atoms with Crippen LogP contribution in [0.25, 0.3) is 0 Å². The number of hydrogen-bond acceptors (Lipinski definition) is 3. The molecule has 2 atom stereocenters. The maximum Gasteiger partial charge on any atom is 0.0125 e. The Morgan fingerprint density at radius 3 is 2.15 bits per heavy atom. The van der Waals surface area contributed by atoms with Crippen molar-refractivity contribution < 1.29 is 0 Å². The van der Waals surface area contributed by atoms with Crippen molar-refractivity contribution in [3.8, 4) is 0 Å². The lowest BCUT2D eigenvalue weighted by molar-refractivity contribution is -0.0297. The molecule has 3 saturated heterocycles. The summed E-state index contributed by atoms with van der Waals surface area (Å²) in [6.45, 7) is 6.29. The van der Waals surface area contributed by atoms with Gasteiger partial charge in [0.15, 0.2) is 0 Å². The molecule has 1 N–H and O–H groups in total. The molecule has 3 nitrogen and oxygen atoms in total. The van der Waals surface area contributed by atoms with Crippen LogP contribution in [0.5, 0.6) is 0 Å². The molecule has 2 unspecified atom stereocenters. The number of nitrogens with one attached hydrogen (secondary N) is 1. The summed E-state index contributed by atoms with van der Waals surface area (Å²) in [5, 5.41) is 3.54. The van der Waals surface area contributed by atoms with Crippen molar-refractivity contribution in [2.75, 3.05) is 26.7 Å². The molecule has 3 aliphatic rings. The molecule has 0 aliphatic carbocycles. The second-order valence-electron chi connectivity index (χ2n) is 7.22. The maximum atomic E-state index is 3.54. The highest BCUT2D eigenvalue weighted by Crippen LogP contribution is 2.37. The molecule has 0 aromatic heterocycles. The van der Waals surface area contributed by atoms with Gasteiger partial charge in [-0.05, 0) is 71.6 Å². The third kappa shape index (κ3) is 3.05. The number of fused-ring (bicyclic) bond motifs is 2. The van der Waals surface area contributed by atoms with Crippen molar-refractivity contribution in [1.82, 2.24) is 15.1 Å². The topological polar surface area (TPSA) is 18.5 Å². The predicted octanol–water partition coefficient (Wildman–Crippen LogP) is 2.47. The minimum atomic E-state index is 0.779. The average molecular weight is 279 g/mol. The van der Waals surface area contributed by atoms with Gasteiger partial charge in [-0.15, -0.1) is 0 Å². The minimum absolute atomic E-state index is 0.779. The van der Waals surface area contributed by atoms with Crippen molar-refractivity contribution in [3.05, 3.63) is 0 Å². The quantitative estimate of drug-likeness (QED) is 0.853. The van der Waals surface area contributed by atoms with Gasteiger partial charge < -0.3 is 10.2 Å². The smallest absolute Gasteiger partial charge is 0.0125 e. The summed E-state index contributed by atoms with van der Waals surface area (Å²) in [5.74, 6) is 0. The van der Waals surface area contributed by atoms with Crippen molar-refractivity contribution in [2.45, 2.75) is 82.5 Å². The van der Waals surface area contributed by atoms with Crippen LogP contribution in [0.3, 0.4) is 0 Å². The average Bonchev–Trinajstić information content (AvgIpc) is 2.47. The summed E-state index contributed by atoms with van der Waals surface area (Å²) in [4.78, 5) is 5.65. The first kappa shape index (κ1) is 14.8. The van der Waals surface area contributed by atoms with Crippen molar-refractivity contribution in [2.24, 2.45) is 0 Å². The van der Waals surface area contributed by atoms with Crippen molar-refractivity contribution in [3.63, 3.8) is 0 Å². The zero-order valence-electron chi connectivity index (χ0n) is 13.5. The van der Waals surface area contributed by atoms with E-state index in [0.29, 0.717) is 0 Å². The summed E-state index contributed by atoms with van der Waals surface area (Å²) < 4.78 is 0. The molecule has 0 spiro atoms. The maximum absolute atomic E-state index is 3.54. The van der Waals surface area contributed by atoms with Gasteiger partial charge in [0.1, 0.15) is 0 Å². The third-order valence-electron chi connectivity index (χ3n) is 5.96. The first-order chi connectivity index (χ1) is 9.81. The molecule has 3 aliphatic heterocycles. The van der Waals surface area contributed by atoms with Gasteiger partial charge in [-0.1, -0.05) is 13.3 Å². The number of hydrogen-bond donors (Lipinski definition) is 1. The van der Waals surface area contributed by atoms with Crippen LogP contribution in [-0.2, 0) is 0 Å². The monoisotopic (exact) mass is 279 g/mol. The summed E-state index contributed by atoms with van der Waals surface area (Å²) in [6.07, 6.45) is 11.3. The van der Waals surface area contributed by atoms with E-state index in [9.17, 15) is 0 Å². The van der Waals surface area contributed by atoms with Crippen LogP contribution < -0.4 is 5.32 Å². The highest BCUT2D eigenvalue weighted by atomic mass is 15.3. The Bertz CT molecular complexity index is 285. The van der Waals surface area contributed by atoms with Gasteiger partial charge in [-0.25, -0.2) is 0 Å². The second kappa shape index (κ2) is 6.76. The van der Waals surface area contributed by atoms with E-state index in [1.807, 2.05) is 0 Å². The lowest BCUT2D eigenvalue weighted by Gasteiger charge is -2.53. The van der Waals surface area contributed by atoms with Crippen LogP contribution in [0.15, 0.2) is 0 Å². The van der Waals surface area contributed by atoms with E-state index in [0.717, 1.165) is 24.2 Å². The van der Waals surface area contributed by atoms with Crippen LogP contribution in [0.4, 0.5) is 0 Å². The fraction of sp³-hybridized carbons (Fsp3) is 1.00. The summed E-state index contributed by atoms with van der Waals surface area (Å²) in [5.41, 5.74) is 0. The van der Waals surface area contributed by atoms with E-state index >= 15 is 0 Å². The Morgan fingerprint density at radius 2 is 1.60 bits per heavy atom. The molecule has 0 aromatic rings. The highest BCUT2D eigenvalue weighted by molar-refractivity contribution is 4.98. The number of nitrogens with zero attached hydrogens (tertiary/aromatic N) is 2. The number of rotatable bonds is 4. The van der Waals surface area contributed by atoms with Gasteiger partial charge in [-0.2, -0.15) is 0 Å². The largest absolute Gasteiger partial charge is 0.317 e. The molecule has 3 fully saturated rings. The predicted molar refractivity (Wildman–Crippen MR) is 85.1 cm³/mol. The van der Waals surface area contributed by atoms with Crippen LogP contribution in [0, 0.1) is 0 Å². The van der Waals surface area contributed by atoms with E-state index in [-0.39, 0.29) is 0 Å². The molecular formula is C17H33N3. The minimum Gasteiger partial charge on any atom is -0.317 e. The van der Waals surface area contributed by atoms with Crippen LogP contribution in [-0.4, -0.2) is 60.6 Å². The molecule has 2 bridgehead atoms. The van der Waals surface area contributed by atoms with Crippen LogP contribution in [0.2, 0.25) is 0 Å². The van der Waals surface area contributed by atoms with E-state index in [1.54, 1.807) is 0 Å². The Morgan fingerprint density at radius 1 is 0.950 bits per heavy atom. The van der Waals surface area contributed by atoms with Gasteiger partial charge in [0, 0.05) is 24.2 Å². The normalized spacial score (nSPS) is 37.2. The van der Waals surface area contributed by atoms with Gasteiger partial charge >= 0.3 is 0 Å². The van der Waals surface area contributed by atoms with E-state index in [4.69, 9.17) is 0 Å². The molecule has 0 radical (unpaired) electrons. The molecule has 0 amide bonds. The molecule has 0 saturated carbocycles. The molecular weight excluding hydrogens is 246 g/mol. The second-order valence-corrected chi connectivity index (χ2v) is 7.22. The van der Waals surface area contributed by atoms with Crippen molar-refractivity contribution in [1.29, 1.82) is 0 Å². The molecule has 3 rings (SSSR count). The van der Waals surface area contributed by atoms with E-state index in [1.165, 1.54) is 71.0 Å². The molecule has 116 valence electrons. The first-order valence-corrected chi connectivity index (χ1v) is 8.99. The zero-order valence-corrected chi connectivity index (χ0v) is 13.5. The highest BCUT2D eigenvalue weighted by Gasteiger charge is 2.41. The molecule has 3 heteroatoms. The van der Waals surface area contributed by atoms with Gasteiger partial charge in [0.25, 0.3) is 0 Å². The summed E-state index contributed by atoms with van der Waals surface area (Å²) in [7, 11) is 2.15. The Hall–Kier alpha value is -0.120.